The van der Waals surface area contributed by atoms with Gasteiger partial charge in [0.15, 0.2) is 5.82 Å². The van der Waals surface area contributed by atoms with E-state index in [1.165, 1.54) is 12.1 Å². The lowest BCUT2D eigenvalue weighted by molar-refractivity contribution is -0.141. The van der Waals surface area contributed by atoms with E-state index in [2.05, 4.69) is 25.3 Å². The van der Waals surface area contributed by atoms with Gasteiger partial charge in [0.05, 0.1) is 10.9 Å². The van der Waals surface area contributed by atoms with Crippen LogP contribution < -0.4 is 5.32 Å². The summed E-state index contributed by atoms with van der Waals surface area (Å²) in [5, 5.41) is 3.21. The van der Waals surface area contributed by atoms with Crippen LogP contribution in [0.2, 0.25) is 0 Å². The highest BCUT2D eigenvalue weighted by atomic mass is 19.4. The normalized spacial score (nSPS) is 12.5. The van der Waals surface area contributed by atoms with E-state index >= 15 is 0 Å². The molecule has 0 aliphatic rings. The van der Waals surface area contributed by atoms with Gasteiger partial charge in [-0.25, -0.2) is 19.9 Å². The molecule has 4 aromatic rings. The van der Waals surface area contributed by atoms with Gasteiger partial charge in [-0.05, 0) is 44.4 Å². The summed E-state index contributed by atoms with van der Waals surface area (Å²) in [5.74, 6) is -0.175. The summed E-state index contributed by atoms with van der Waals surface area (Å²) < 4.78 is 80.8. The first kappa shape index (κ1) is 24.4. The predicted octanol–water partition coefficient (Wildman–Crippen LogP) is 5.23. The molecule has 184 valence electrons. The molecule has 0 saturated heterocycles. The van der Waals surface area contributed by atoms with Crippen molar-refractivity contribution < 1.29 is 26.3 Å². The van der Waals surface area contributed by atoms with Gasteiger partial charge in [0.1, 0.15) is 28.7 Å². The Balaban J connectivity index is 1.84. The molecule has 4 heterocycles. The average Bonchev–Trinajstić information content (AvgIpc) is 3.20. The Morgan fingerprint density at radius 2 is 1.71 bits per heavy atom. The summed E-state index contributed by atoms with van der Waals surface area (Å²) in [4.78, 5) is 18.2. The molecule has 4 rings (SSSR count). The van der Waals surface area contributed by atoms with Crippen molar-refractivity contribution in [2.45, 2.75) is 18.9 Å². The maximum absolute atomic E-state index is 13.2. The highest BCUT2D eigenvalue weighted by Crippen LogP contribution is 2.33. The molecule has 1 N–H and O–H groups in total. The standard InChI is InChI=1S/C22H19F6N7/c1-34(2)10-11-35-9-7-14-18(31-17-12-13(6-8-29-17)21(23,24)25)32-19(33-20(14)35)15-4-3-5-16(30-15)22(26,27)28/h3-9,12H,10-11H2,1-2H3,(H,29,31,32,33). The Bertz CT molecular complexity index is 1340. The lowest BCUT2D eigenvalue weighted by Gasteiger charge is -2.13. The van der Waals surface area contributed by atoms with E-state index < -0.39 is 23.6 Å². The molecule has 0 aliphatic carbocycles. The Morgan fingerprint density at radius 3 is 2.40 bits per heavy atom. The molecular formula is C22H19F6N7. The lowest BCUT2D eigenvalue weighted by Crippen LogP contribution is -2.18. The second-order valence-electron chi connectivity index (χ2n) is 7.90. The van der Waals surface area contributed by atoms with Crippen LogP contribution in [0.25, 0.3) is 22.6 Å². The molecular weight excluding hydrogens is 476 g/mol. The number of alkyl halides is 6. The first-order chi connectivity index (χ1) is 16.4. The summed E-state index contributed by atoms with van der Waals surface area (Å²) in [6.07, 6.45) is -6.53. The van der Waals surface area contributed by atoms with Gasteiger partial charge in [-0.3, -0.25) is 0 Å². The molecule has 4 aromatic heterocycles. The fourth-order valence-corrected chi connectivity index (χ4v) is 3.28. The molecule has 0 bridgehead atoms. The Kier molecular flexibility index (Phi) is 6.36. The number of nitrogens with one attached hydrogen (secondary N) is 1. The van der Waals surface area contributed by atoms with Crippen molar-refractivity contribution in [2.24, 2.45) is 0 Å². The fourth-order valence-electron chi connectivity index (χ4n) is 3.28. The number of pyridine rings is 2. The smallest absolute Gasteiger partial charge is 0.331 e. The van der Waals surface area contributed by atoms with Gasteiger partial charge in [0.2, 0.25) is 0 Å². The topological polar surface area (TPSA) is 71.8 Å². The molecule has 0 radical (unpaired) electrons. The second kappa shape index (κ2) is 9.13. The zero-order valence-electron chi connectivity index (χ0n) is 18.5. The quantitative estimate of drug-likeness (QED) is 0.370. The first-order valence-electron chi connectivity index (χ1n) is 10.3. The molecule has 0 unspecified atom stereocenters. The van der Waals surface area contributed by atoms with Gasteiger partial charge in [0.25, 0.3) is 0 Å². The third-order valence-corrected chi connectivity index (χ3v) is 5.01. The molecule has 0 saturated carbocycles. The number of rotatable bonds is 6. The first-order valence-corrected chi connectivity index (χ1v) is 10.3. The van der Waals surface area contributed by atoms with E-state index in [0.717, 1.165) is 24.4 Å². The molecule has 0 amide bonds. The maximum atomic E-state index is 13.2. The number of likely N-dealkylation sites (N-methyl/N-ethyl adjacent to an activating group) is 1. The van der Waals surface area contributed by atoms with Crippen molar-refractivity contribution in [2.75, 3.05) is 26.0 Å². The Labute approximate surface area is 195 Å². The van der Waals surface area contributed by atoms with Crippen LogP contribution >= 0.6 is 0 Å². The number of nitrogens with zero attached hydrogens (tertiary/aromatic N) is 6. The lowest BCUT2D eigenvalue weighted by atomic mass is 10.2. The van der Waals surface area contributed by atoms with Gasteiger partial charge in [-0.2, -0.15) is 26.3 Å². The summed E-state index contributed by atoms with van der Waals surface area (Å²) in [6, 6.07) is 6.66. The molecule has 0 fully saturated rings. The van der Waals surface area contributed by atoms with Crippen molar-refractivity contribution in [3.8, 4) is 11.5 Å². The third kappa shape index (κ3) is 5.50. The van der Waals surface area contributed by atoms with Gasteiger partial charge in [-0.15, -0.1) is 0 Å². The Hall–Kier alpha value is -3.74. The third-order valence-electron chi connectivity index (χ3n) is 5.01. The monoisotopic (exact) mass is 495 g/mol. The molecule has 0 atom stereocenters. The van der Waals surface area contributed by atoms with Crippen LogP contribution in [0.4, 0.5) is 38.0 Å². The summed E-state index contributed by atoms with van der Waals surface area (Å²) in [7, 11) is 3.76. The zero-order valence-corrected chi connectivity index (χ0v) is 18.5. The van der Waals surface area contributed by atoms with Gasteiger partial charge in [-0.1, -0.05) is 6.07 Å². The number of hydrogen-bond acceptors (Lipinski definition) is 6. The van der Waals surface area contributed by atoms with E-state index in [-0.39, 0.29) is 23.2 Å². The van der Waals surface area contributed by atoms with Crippen LogP contribution in [0.5, 0.6) is 0 Å². The van der Waals surface area contributed by atoms with Crippen LogP contribution in [-0.4, -0.2) is 50.0 Å². The van der Waals surface area contributed by atoms with E-state index in [1.54, 1.807) is 16.8 Å². The predicted molar refractivity (Wildman–Crippen MR) is 117 cm³/mol. The molecule has 35 heavy (non-hydrogen) atoms. The Morgan fingerprint density at radius 1 is 0.943 bits per heavy atom. The van der Waals surface area contributed by atoms with Gasteiger partial charge >= 0.3 is 12.4 Å². The SMILES string of the molecule is CN(C)CCn1ccc2c(Nc3cc(C(F)(F)F)ccn3)nc(-c3cccc(C(F)(F)F)n3)nc21. The van der Waals surface area contributed by atoms with Crippen LogP contribution in [0.3, 0.4) is 0 Å². The van der Waals surface area contributed by atoms with Crippen molar-refractivity contribution in [1.82, 2.24) is 29.4 Å². The summed E-state index contributed by atoms with van der Waals surface area (Å²) >= 11 is 0. The van der Waals surface area contributed by atoms with Crippen LogP contribution in [0, 0.1) is 0 Å². The number of fused-ring (bicyclic) bond motifs is 1. The summed E-state index contributed by atoms with van der Waals surface area (Å²) in [6.45, 7) is 1.15. The van der Waals surface area contributed by atoms with E-state index in [4.69, 9.17) is 0 Å². The van der Waals surface area contributed by atoms with Crippen molar-refractivity contribution in [1.29, 1.82) is 0 Å². The highest BCUT2D eigenvalue weighted by Gasteiger charge is 2.33. The zero-order chi connectivity index (χ0) is 25.4. The minimum Gasteiger partial charge on any atom is -0.331 e. The largest absolute Gasteiger partial charge is 0.433 e. The molecule has 0 aliphatic heterocycles. The molecule has 0 aromatic carbocycles. The maximum Gasteiger partial charge on any atom is 0.433 e. The minimum absolute atomic E-state index is 0.0830. The van der Waals surface area contributed by atoms with Crippen molar-refractivity contribution in [3.63, 3.8) is 0 Å². The van der Waals surface area contributed by atoms with Crippen molar-refractivity contribution >= 4 is 22.7 Å². The minimum atomic E-state index is -4.67. The number of aromatic nitrogens is 5. The van der Waals surface area contributed by atoms with Crippen LogP contribution in [0.1, 0.15) is 11.3 Å². The van der Waals surface area contributed by atoms with Crippen LogP contribution in [-0.2, 0) is 18.9 Å². The highest BCUT2D eigenvalue weighted by molar-refractivity contribution is 5.90. The molecule has 13 heteroatoms. The number of halogens is 6. The summed E-state index contributed by atoms with van der Waals surface area (Å²) in [5.41, 5.74) is -1.79. The van der Waals surface area contributed by atoms with E-state index in [9.17, 15) is 26.3 Å². The van der Waals surface area contributed by atoms with Crippen molar-refractivity contribution in [3.05, 3.63) is 60.0 Å². The number of hydrogen-bond donors (Lipinski definition) is 1. The molecule has 0 spiro atoms. The second-order valence-corrected chi connectivity index (χ2v) is 7.90. The average molecular weight is 495 g/mol. The van der Waals surface area contributed by atoms with Crippen LogP contribution in [0.15, 0.2) is 48.8 Å². The van der Waals surface area contributed by atoms with Gasteiger partial charge in [0, 0.05) is 25.5 Å². The molecule has 7 nitrogen and oxygen atoms in total. The van der Waals surface area contributed by atoms with Gasteiger partial charge < -0.3 is 14.8 Å². The van der Waals surface area contributed by atoms with E-state index in [1.807, 2.05) is 19.0 Å². The fraction of sp³-hybridized carbons (Fsp3) is 0.273. The van der Waals surface area contributed by atoms with E-state index in [0.29, 0.717) is 24.1 Å². The number of anilines is 2.